The summed E-state index contributed by atoms with van der Waals surface area (Å²) in [6, 6.07) is 18.4. The average molecular weight is 492 g/mol. The molecule has 0 saturated heterocycles. The average Bonchev–Trinajstić information content (AvgIpc) is 2.78. The lowest BCUT2D eigenvalue weighted by atomic mass is 10.1. The van der Waals surface area contributed by atoms with E-state index < -0.39 is 12.2 Å². The predicted octanol–water partition coefficient (Wildman–Crippen LogP) is 5.22. The van der Waals surface area contributed by atoms with E-state index >= 15 is 0 Å². The number of rotatable bonds is 12. The van der Waals surface area contributed by atoms with Gasteiger partial charge in [-0.05, 0) is 69.4 Å². The van der Waals surface area contributed by atoms with Gasteiger partial charge in [0.2, 0.25) is 0 Å². The van der Waals surface area contributed by atoms with Gasteiger partial charge in [0.15, 0.2) is 0 Å². The quantitative estimate of drug-likeness (QED) is 0.364. The molecule has 0 amide bonds. The Morgan fingerprint density at radius 3 is 1.42 bits per heavy atom. The van der Waals surface area contributed by atoms with Crippen molar-refractivity contribution in [2.75, 3.05) is 26.3 Å². The maximum Gasteiger partial charge on any atom is 0.125 e. The molecular weight excluding hydrogens is 450 g/mol. The first kappa shape index (κ1) is 27.7. The second-order valence-electron chi connectivity index (χ2n) is 10.1. The van der Waals surface area contributed by atoms with Crippen LogP contribution in [0.2, 0.25) is 0 Å². The molecule has 3 aromatic carbocycles. The van der Waals surface area contributed by atoms with E-state index in [1.165, 1.54) is 11.1 Å². The third-order valence-electron chi connectivity index (χ3n) is 6.24. The van der Waals surface area contributed by atoms with Crippen molar-refractivity contribution < 1.29 is 19.7 Å². The lowest BCUT2D eigenvalue weighted by Crippen LogP contribution is -2.41. The van der Waals surface area contributed by atoms with Crippen molar-refractivity contribution >= 4 is 0 Å². The molecule has 194 valence electrons. The summed E-state index contributed by atoms with van der Waals surface area (Å²) in [6.45, 7) is 14.0. The summed E-state index contributed by atoms with van der Waals surface area (Å²) in [7, 11) is 0. The molecule has 0 radical (unpaired) electrons. The van der Waals surface area contributed by atoms with Crippen LogP contribution in [-0.2, 0) is 6.54 Å². The molecule has 3 rings (SSSR count). The van der Waals surface area contributed by atoms with E-state index in [4.69, 9.17) is 9.47 Å². The number of ether oxygens (including phenoxy) is 2. The largest absolute Gasteiger partial charge is 0.490 e. The minimum atomic E-state index is -0.705. The fourth-order valence-corrected chi connectivity index (χ4v) is 4.89. The Kier molecular flexibility index (Phi) is 9.94. The maximum absolute atomic E-state index is 10.8. The highest BCUT2D eigenvalue weighted by Crippen LogP contribution is 2.26. The van der Waals surface area contributed by atoms with E-state index in [2.05, 4.69) is 55.1 Å². The molecular formula is C31H41NO4. The second kappa shape index (κ2) is 12.9. The van der Waals surface area contributed by atoms with Crippen LogP contribution in [0.25, 0.3) is 0 Å². The molecule has 0 fully saturated rings. The number of aliphatic hydroxyl groups excluding tert-OH is 2. The molecule has 3 aromatic rings. The summed E-state index contributed by atoms with van der Waals surface area (Å²) < 4.78 is 12.0. The molecule has 0 aromatic heterocycles. The molecule has 0 aliphatic heterocycles. The molecule has 36 heavy (non-hydrogen) atoms. The van der Waals surface area contributed by atoms with Crippen LogP contribution in [0, 0.1) is 41.5 Å². The Labute approximate surface area is 216 Å². The van der Waals surface area contributed by atoms with Crippen LogP contribution in [0.3, 0.4) is 0 Å². The lowest BCUT2D eigenvalue weighted by Gasteiger charge is -2.28. The SMILES string of the molecule is Cc1cc(C)c(OCC(O)CN(Cc2ccccc2)CC(O)COc2c(C)cc(C)cc2C)c(C)c1. The van der Waals surface area contributed by atoms with Gasteiger partial charge in [-0.1, -0.05) is 65.7 Å². The van der Waals surface area contributed by atoms with Crippen LogP contribution >= 0.6 is 0 Å². The van der Waals surface area contributed by atoms with Crippen LogP contribution in [0.1, 0.15) is 38.9 Å². The highest BCUT2D eigenvalue weighted by Gasteiger charge is 2.19. The Morgan fingerprint density at radius 2 is 1.03 bits per heavy atom. The first-order valence-electron chi connectivity index (χ1n) is 12.7. The topological polar surface area (TPSA) is 62.2 Å². The summed E-state index contributed by atoms with van der Waals surface area (Å²) in [5, 5.41) is 21.7. The van der Waals surface area contributed by atoms with Crippen molar-refractivity contribution in [2.45, 2.75) is 60.3 Å². The fraction of sp³-hybridized carbons (Fsp3) is 0.419. The Hall–Kier alpha value is -2.86. The van der Waals surface area contributed by atoms with Crippen LogP contribution < -0.4 is 9.47 Å². The monoisotopic (exact) mass is 491 g/mol. The first-order chi connectivity index (χ1) is 17.1. The molecule has 0 aliphatic rings. The van der Waals surface area contributed by atoms with Crippen molar-refractivity contribution in [3.8, 4) is 11.5 Å². The molecule has 0 spiro atoms. The predicted molar refractivity (Wildman–Crippen MR) is 146 cm³/mol. The van der Waals surface area contributed by atoms with Gasteiger partial charge < -0.3 is 19.7 Å². The Balaban J connectivity index is 1.62. The van der Waals surface area contributed by atoms with Gasteiger partial charge in [0, 0.05) is 19.6 Å². The molecule has 0 saturated carbocycles. The van der Waals surface area contributed by atoms with Crippen molar-refractivity contribution in [3.63, 3.8) is 0 Å². The third kappa shape index (κ3) is 8.09. The van der Waals surface area contributed by atoms with Crippen molar-refractivity contribution in [3.05, 3.63) is 93.5 Å². The lowest BCUT2D eigenvalue weighted by molar-refractivity contribution is 0.0279. The van der Waals surface area contributed by atoms with E-state index in [0.717, 1.165) is 39.3 Å². The second-order valence-corrected chi connectivity index (χ2v) is 10.1. The van der Waals surface area contributed by atoms with E-state index in [1.54, 1.807) is 0 Å². The molecule has 2 atom stereocenters. The van der Waals surface area contributed by atoms with E-state index in [9.17, 15) is 10.2 Å². The highest BCUT2D eigenvalue weighted by atomic mass is 16.5. The van der Waals surface area contributed by atoms with E-state index in [0.29, 0.717) is 19.6 Å². The normalized spacial score (nSPS) is 13.0. The van der Waals surface area contributed by atoms with Crippen LogP contribution in [0.4, 0.5) is 0 Å². The number of hydrogen-bond donors (Lipinski definition) is 2. The summed E-state index contributed by atoms with van der Waals surface area (Å²) in [5.41, 5.74) is 7.77. The van der Waals surface area contributed by atoms with Crippen LogP contribution in [0.5, 0.6) is 11.5 Å². The van der Waals surface area contributed by atoms with Crippen molar-refractivity contribution in [1.82, 2.24) is 4.90 Å². The summed E-state index contributed by atoms with van der Waals surface area (Å²) >= 11 is 0. The summed E-state index contributed by atoms with van der Waals surface area (Å²) in [6.07, 6.45) is -1.41. The fourth-order valence-electron chi connectivity index (χ4n) is 4.89. The number of aliphatic hydroxyl groups is 2. The Bertz CT molecular complexity index is 1010. The number of benzene rings is 3. The zero-order chi connectivity index (χ0) is 26.2. The molecule has 5 nitrogen and oxygen atoms in total. The molecule has 2 N–H and O–H groups in total. The van der Waals surface area contributed by atoms with Crippen LogP contribution in [-0.4, -0.2) is 53.6 Å². The minimum absolute atomic E-state index is 0.185. The molecule has 2 unspecified atom stereocenters. The van der Waals surface area contributed by atoms with E-state index in [-0.39, 0.29) is 13.2 Å². The summed E-state index contributed by atoms with van der Waals surface area (Å²) in [4.78, 5) is 2.06. The zero-order valence-electron chi connectivity index (χ0n) is 22.5. The molecule has 5 heteroatoms. The highest BCUT2D eigenvalue weighted by molar-refractivity contribution is 5.43. The van der Waals surface area contributed by atoms with Crippen LogP contribution in [0.15, 0.2) is 54.6 Å². The Morgan fingerprint density at radius 1 is 0.639 bits per heavy atom. The molecule has 0 heterocycles. The minimum Gasteiger partial charge on any atom is -0.490 e. The smallest absolute Gasteiger partial charge is 0.125 e. The zero-order valence-corrected chi connectivity index (χ0v) is 22.5. The van der Waals surface area contributed by atoms with Gasteiger partial charge in [0.1, 0.15) is 36.9 Å². The van der Waals surface area contributed by atoms with E-state index in [1.807, 2.05) is 45.9 Å². The molecule has 0 bridgehead atoms. The third-order valence-corrected chi connectivity index (χ3v) is 6.24. The standard InChI is InChI=1S/C31H41NO4/c1-21-12-23(3)30(24(4)13-21)35-19-28(33)17-32(16-27-10-8-7-9-11-27)18-29(34)20-36-31-25(5)14-22(2)15-26(31)6/h7-15,28-29,33-34H,16-20H2,1-6H3. The van der Waals surface area contributed by atoms with Gasteiger partial charge in [-0.2, -0.15) is 0 Å². The van der Waals surface area contributed by atoms with Gasteiger partial charge >= 0.3 is 0 Å². The molecule has 0 aliphatic carbocycles. The van der Waals surface area contributed by atoms with Gasteiger partial charge in [-0.15, -0.1) is 0 Å². The number of hydrogen-bond acceptors (Lipinski definition) is 5. The number of aryl methyl sites for hydroxylation is 6. The maximum atomic E-state index is 10.8. The van der Waals surface area contributed by atoms with Gasteiger partial charge in [-0.25, -0.2) is 0 Å². The summed E-state index contributed by atoms with van der Waals surface area (Å²) in [5.74, 6) is 1.65. The van der Waals surface area contributed by atoms with Gasteiger partial charge in [0.25, 0.3) is 0 Å². The van der Waals surface area contributed by atoms with Gasteiger partial charge in [0.05, 0.1) is 0 Å². The van der Waals surface area contributed by atoms with Gasteiger partial charge in [-0.3, -0.25) is 4.90 Å². The van der Waals surface area contributed by atoms with Crippen molar-refractivity contribution in [2.24, 2.45) is 0 Å². The van der Waals surface area contributed by atoms with Crippen molar-refractivity contribution in [1.29, 1.82) is 0 Å². The first-order valence-corrected chi connectivity index (χ1v) is 12.7. The number of nitrogens with zero attached hydrogens (tertiary/aromatic N) is 1.